The third-order valence-electron chi connectivity index (χ3n) is 5.38. The van der Waals surface area contributed by atoms with Crippen molar-refractivity contribution in [1.29, 1.82) is 0 Å². The van der Waals surface area contributed by atoms with Crippen molar-refractivity contribution >= 4 is 0 Å². The third-order valence-corrected chi connectivity index (χ3v) is 5.38. The van der Waals surface area contributed by atoms with Crippen LogP contribution in [-0.4, -0.2) is 0 Å². The minimum atomic E-state index is 1.17. The molecule has 24 heavy (non-hydrogen) atoms. The van der Waals surface area contributed by atoms with Crippen molar-refractivity contribution < 1.29 is 0 Å². The van der Waals surface area contributed by atoms with Gasteiger partial charge in [0.25, 0.3) is 0 Å². The summed E-state index contributed by atoms with van der Waals surface area (Å²) in [5, 5.41) is 0. The molecule has 0 rings (SSSR count). The zero-order valence-electron chi connectivity index (χ0n) is 17.3. The average Bonchev–Trinajstić information content (AvgIpc) is 2.60. The smallest absolute Gasteiger partial charge is 0.0323 e. The molecule has 0 aliphatic heterocycles. The highest BCUT2D eigenvalue weighted by atomic mass is 14.0. The second kappa shape index (κ2) is 20.8. The van der Waals surface area contributed by atoms with E-state index in [1.807, 2.05) is 0 Å². The number of unbranched alkanes of at least 4 members (excludes halogenated alkanes) is 17. The van der Waals surface area contributed by atoms with E-state index in [1.165, 1.54) is 134 Å². The Morgan fingerprint density at radius 1 is 0.458 bits per heavy atom. The largest absolute Gasteiger partial charge is 0.0999 e. The molecule has 0 bridgehead atoms. The van der Waals surface area contributed by atoms with Crippen LogP contribution in [0.15, 0.2) is 12.2 Å². The van der Waals surface area contributed by atoms with E-state index < -0.39 is 0 Å². The number of rotatable bonds is 20. The Balaban J connectivity index is 2.99. The summed E-state index contributed by atoms with van der Waals surface area (Å²) in [6.07, 6.45) is 28.6. The predicted molar refractivity (Wildman–Crippen MR) is 113 cm³/mol. The Bertz CT molecular complexity index is 240. The molecule has 0 saturated carbocycles. The zero-order chi connectivity index (χ0) is 17.7. The summed E-state index contributed by atoms with van der Waals surface area (Å²) in [7, 11) is 0. The van der Waals surface area contributed by atoms with E-state index in [0.29, 0.717) is 0 Å². The number of hydrogen-bond acceptors (Lipinski definition) is 0. The molecule has 0 nitrogen and oxygen atoms in total. The summed E-state index contributed by atoms with van der Waals surface area (Å²) in [6.45, 7) is 8.60. The molecule has 0 radical (unpaired) electrons. The minimum absolute atomic E-state index is 1.17. The van der Waals surface area contributed by atoms with Gasteiger partial charge >= 0.3 is 0 Å². The molecule has 0 amide bonds. The maximum Gasteiger partial charge on any atom is -0.0323 e. The Hall–Kier alpha value is -0.260. The molecule has 0 aliphatic carbocycles. The van der Waals surface area contributed by atoms with Gasteiger partial charge in [-0.1, -0.05) is 135 Å². The SMILES string of the molecule is C=C(CC)CCCCCCCCCCCCCCCCCCCC. The van der Waals surface area contributed by atoms with Gasteiger partial charge in [0.1, 0.15) is 0 Å². The predicted octanol–water partition coefficient (Wildman–Crippen LogP) is 9.38. The van der Waals surface area contributed by atoms with Crippen molar-refractivity contribution in [2.75, 3.05) is 0 Å². The number of allylic oxidation sites excluding steroid dienone is 1. The molecule has 0 fully saturated rings. The lowest BCUT2D eigenvalue weighted by Gasteiger charge is -2.04. The second-order valence-electron chi connectivity index (χ2n) is 7.86. The average molecular weight is 337 g/mol. The normalized spacial score (nSPS) is 11.1. The Kier molecular flexibility index (Phi) is 20.6. The molecular formula is C24H48. The van der Waals surface area contributed by atoms with Gasteiger partial charge in [0, 0.05) is 0 Å². The summed E-state index contributed by atoms with van der Waals surface area (Å²) in [6, 6.07) is 0. The van der Waals surface area contributed by atoms with Gasteiger partial charge in [0.05, 0.1) is 0 Å². The van der Waals surface area contributed by atoms with Gasteiger partial charge in [0.2, 0.25) is 0 Å². The summed E-state index contributed by atoms with van der Waals surface area (Å²) in [4.78, 5) is 0. The fraction of sp³-hybridized carbons (Fsp3) is 0.917. The molecule has 0 heteroatoms. The molecule has 0 atom stereocenters. The van der Waals surface area contributed by atoms with Crippen molar-refractivity contribution in [2.45, 2.75) is 142 Å². The van der Waals surface area contributed by atoms with E-state index >= 15 is 0 Å². The first-order chi connectivity index (χ1) is 11.8. The highest BCUT2D eigenvalue weighted by Crippen LogP contribution is 2.15. The first kappa shape index (κ1) is 23.7. The highest BCUT2D eigenvalue weighted by Gasteiger charge is 1.95. The molecule has 0 spiro atoms. The molecule has 0 aliphatic rings. The van der Waals surface area contributed by atoms with E-state index in [4.69, 9.17) is 0 Å². The van der Waals surface area contributed by atoms with Crippen LogP contribution in [0, 0.1) is 0 Å². The summed E-state index contributed by atoms with van der Waals surface area (Å²) >= 11 is 0. The first-order valence-electron chi connectivity index (χ1n) is 11.5. The third kappa shape index (κ3) is 19.8. The van der Waals surface area contributed by atoms with Crippen LogP contribution in [0.3, 0.4) is 0 Å². The summed E-state index contributed by atoms with van der Waals surface area (Å²) in [5.74, 6) is 0. The fourth-order valence-electron chi connectivity index (χ4n) is 3.45. The maximum absolute atomic E-state index is 4.09. The molecule has 0 aromatic rings. The van der Waals surface area contributed by atoms with Gasteiger partial charge in [-0.05, 0) is 19.3 Å². The Morgan fingerprint density at radius 3 is 1.04 bits per heavy atom. The molecule has 0 unspecified atom stereocenters. The van der Waals surface area contributed by atoms with Gasteiger partial charge in [-0.15, -0.1) is 0 Å². The molecule has 0 saturated heterocycles. The summed E-state index contributed by atoms with van der Waals surface area (Å²) < 4.78 is 0. The summed E-state index contributed by atoms with van der Waals surface area (Å²) in [5.41, 5.74) is 1.44. The van der Waals surface area contributed by atoms with Crippen LogP contribution in [0.4, 0.5) is 0 Å². The van der Waals surface area contributed by atoms with Crippen LogP contribution >= 0.6 is 0 Å². The van der Waals surface area contributed by atoms with Crippen molar-refractivity contribution in [3.05, 3.63) is 12.2 Å². The van der Waals surface area contributed by atoms with Crippen molar-refractivity contribution in [2.24, 2.45) is 0 Å². The maximum atomic E-state index is 4.09. The van der Waals surface area contributed by atoms with Gasteiger partial charge in [-0.3, -0.25) is 0 Å². The van der Waals surface area contributed by atoms with E-state index in [9.17, 15) is 0 Å². The lowest BCUT2D eigenvalue weighted by Crippen LogP contribution is -1.84. The zero-order valence-corrected chi connectivity index (χ0v) is 17.3. The molecule has 0 heterocycles. The van der Waals surface area contributed by atoms with Gasteiger partial charge in [0.15, 0.2) is 0 Å². The van der Waals surface area contributed by atoms with E-state index in [1.54, 1.807) is 0 Å². The molecule has 0 N–H and O–H groups in total. The second-order valence-corrected chi connectivity index (χ2v) is 7.86. The Labute approximate surface area is 154 Å². The van der Waals surface area contributed by atoms with Crippen molar-refractivity contribution in [1.82, 2.24) is 0 Å². The van der Waals surface area contributed by atoms with E-state index in [2.05, 4.69) is 20.4 Å². The highest BCUT2D eigenvalue weighted by molar-refractivity contribution is 4.91. The molecule has 0 aromatic carbocycles. The van der Waals surface area contributed by atoms with Gasteiger partial charge < -0.3 is 0 Å². The van der Waals surface area contributed by atoms with Crippen LogP contribution in [0.25, 0.3) is 0 Å². The lowest BCUT2D eigenvalue weighted by molar-refractivity contribution is 0.525. The topological polar surface area (TPSA) is 0 Å². The molecule has 0 aromatic heterocycles. The van der Waals surface area contributed by atoms with Crippen LogP contribution < -0.4 is 0 Å². The van der Waals surface area contributed by atoms with Crippen molar-refractivity contribution in [3.8, 4) is 0 Å². The van der Waals surface area contributed by atoms with Crippen molar-refractivity contribution in [3.63, 3.8) is 0 Å². The van der Waals surface area contributed by atoms with Crippen LogP contribution in [0.1, 0.15) is 142 Å². The Morgan fingerprint density at radius 2 is 0.750 bits per heavy atom. The fourth-order valence-corrected chi connectivity index (χ4v) is 3.45. The quantitative estimate of drug-likeness (QED) is 0.153. The standard InChI is InChI=1S/C24H48/c1-4-6-7-8-9-10-11-12-13-14-15-16-17-18-19-20-21-22-23-24(3)5-2/h3-23H2,1-2H3. The minimum Gasteiger partial charge on any atom is -0.0999 e. The van der Waals surface area contributed by atoms with Crippen LogP contribution in [0.2, 0.25) is 0 Å². The van der Waals surface area contributed by atoms with E-state index in [-0.39, 0.29) is 0 Å². The molecular weight excluding hydrogens is 288 g/mol. The molecule has 144 valence electrons. The van der Waals surface area contributed by atoms with Gasteiger partial charge in [-0.2, -0.15) is 0 Å². The lowest BCUT2D eigenvalue weighted by atomic mass is 10.0. The number of hydrogen-bond donors (Lipinski definition) is 0. The van der Waals surface area contributed by atoms with Gasteiger partial charge in [-0.25, -0.2) is 0 Å². The van der Waals surface area contributed by atoms with Crippen LogP contribution in [0.5, 0.6) is 0 Å². The van der Waals surface area contributed by atoms with E-state index in [0.717, 1.165) is 0 Å². The first-order valence-corrected chi connectivity index (χ1v) is 11.5. The van der Waals surface area contributed by atoms with Crippen LogP contribution in [-0.2, 0) is 0 Å². The monoisotopic (exact) mass is 336 g/mol.